The van der Waals surface area contributed by atoms with Crippen LogP contribution in [0.1, 0.15) is 35.4 Å². The molecule has 0 aliphatic rings. The summed E-state index contributed by atoms with van der Waals surface area (Å²) in [5, 5.41) is 5.23. The topological polar surface area (TPSA) is 32.3 Å². The number of rotatable bonds is 7. The molecule has 124 valence electrons. The predicted molar refractivity (Wildman–Crippen MR) is 99.2 cm³/mol. The summed E-state index contributed by atoms with van der Waals surface area (Å²) in [7, 11) is 1.99. The molecule has 1 N–H and O–H groups in total. The summed E-state index contributed by atoms with van der Waals surface area (Å²) in [5.41, 5.74) is 4.71. The van der Waals surface area contributed by atoms with E-state index in [-0.39, 0.29) is 5.91 Å². The van der Waals surface area contributed by atoms with E-state index in [0.29, 0.717) is 6.54 Å². The minimum Gasteiger partial charge on any atom is -0.324 e. The van der Waals surface area contributed by atoms with Gasteiger partial charge in [-0.05, 0) is 54.9 Å². The normalized spacial score (nSPS) is 11.0. The van der Waals surface area contributed by atoms with Gasteiger partial charge in [0.2, 0.25) is 5.91 Å². The van der Waals surface area contributed by atoms with E-state index >= 15 is 0 Å². The Morgan fingerprint density at radius 2 is 1.83 bits per heavy atom. The van der Waals surface area contributed by atoms with E-state index in [1.165, 1.54) is 21.6 Å². The number of thiophene rings is 1. The monoisotopic (exact) mass is 330 g/mol. The zero-order valence-electron chi connectivity index (χ0n) is 14.5. The zero-order chi connectivity index (χ0) is 16.8. The summed E-state index contributed by atoms with van der Waals surface area (Å²) < 4.78 is 0. The fourth-order valence-corrected chi connectivity index (χ4v) is 3.68. The number of carbonyl (C=O) groups excluding carboxylic acids is 1. The Morgan fingerprint density at radius 3 is 2.35 bits per heavy atom. The van der Waals surface area contributed by atoms with Gasteiger partial charge in [0, 0.05) is 17.1 Å². The van der Waals surface area contributed by atoms with Crippen molar-refractivity contribution in [2.24, 2.45) is 0 Å². The maximum absolute atomic E-state index is 12.4. The van der Waals surface area contributed by atoms with E-state index in [1.807, 2.05) is 7.05 Å². The molecule has 4 heteroatoms. The minimum atomic E-state index is 0.0531. The molecular formula is C19H26N2OS. The van der Waals surface area contributed by atoms with Crippen LogP contribution in [0.2, 0.25) is 0 Å². The van der Waals surface area contributed by atoms with Gasteiger partial charge in [-0.3, -0.25) is 9.69 Å². The summed E-state index contributed by atoms with van der Waals surface area (Å²) in [5.74, 6) is 0.0531. The number of aryl methyl sites for hydroxylation is 3. The van der Waals surface area contributed by atoms with Crippen molar-refractivity contribution in [1.82, 2.24) is 4.90 Å². The second kappa shape index (κ2) is 8.27. The lowest BCUT2D eigenvalue weighted by Gasteiger charge is -2.18. The van der Waals surface area contributed by atoms with Crippen LogP contribution in [-0.2, 0) is 24.2 Å². The molecular weight excluding hydrogens is 304 g/mol. The van der Waals surface area contributed by atoms with E-state index in [4.69, 9.17) is 0 Å². The second-order valence-electron chi connectivity index (χ2n) is 5.91. The molecule has 0 radical (unpaired) electrons. The summed E-state index contributed by atoms with van der Waals surface area (Å²) in [6.07, 6.45) is 1.85. The number of carbonyl (C=O) groups is 1. The average molecular weight is 330 g/mol. The molecule has 0 fully saturated rings. The highest BCUT2D eigenvalue weighted by molar-refractivity contribution is 7.10. The Balaban J connectivity index is 2.01. The van der Waals surface area contributed by atoms with Gasteiger partial charge >= 0.3 is 0 Å². The van der Waals surface area contributed by atoms with Gasteiger partial charge in [-0.1, -0.05) is 32.0 Å². The van der Waals surface area contributed by atoms with Gasteiger partial charge in [0.05, 0.1) is 6.54 Å². The van der Waals surface area contributed by atoms with Crippen molar-refractivity contribution in [3.8, 4) is 0 Å². The van der Waals surface area contributed by atoms with Crippen LogP contribution in [0.3, 0.4) is 0 Å². The number of benzene rings is 1. The quantitative estimate of drug-likeness (QED) is 0.823. The highest BCUT2D eigenvalue weighted by Gasteiger charge is 2.13. The van der Waals surface area contributed by atoms with Crippen LogP contribution in [0.5, 0.6) is 0 Å². The fraction of sp³-hybridized carbons (Fsp3) is 0.421. The predicted octanol–water partition coefficient (Wildman–Crippen LogP) is 4.25. The lowest BCUT2D eigenvalue weighted by molar-refractivity contribution is -0.117. The molecule has 2 rings (SSSR count). The van der Waals surface area contributed by atoms with Crippen LogP contribution in [0, 0.1) is 6.92 Å². The SMILES string of the molecule is CCc1cccc(CC)c1NC(=O)CN(C)Cc1sccc1C. The summed E-state index contributed by atoms with van der Waals surface area (Å²) >= 11 is 1.75. The minimum absolute atomic E-state index is 0.0531. The summed E-state index contributed by atoms with van der Waals surface area (Å²) in [4.78, 5) is 15.8. The number of likely N-dealkylation sites (N-methyl/N-ethyl adjacent to an activating group) is 1. The molecule has 0 aliphatic heterocycles. The Bertz CT molecular complexity index is 641. The molecule has 0 aliphatic carbocycles. The van der Waals surface area contributed by atoms with Crippen LogP contribution in [0.4, 0.5) is 5.69 Å². The fourth-order valence-electron chi connectivity index (χ4n) is 2.69. The van der Waals surface area contributed by atoms with Gasteiger partial charge in [0.25, 0.3) is 0 Å². The smallest absolute Gasteiger partial charge is 0.238 e. The van der Waals surface area contributed by atoms with Gasteiger partial charge < -0.3 is 5.32 Å². The maximum atomic E-state index is 12.4. The van der Waals surface area contributed by atoms with Gasteiger partial charge in [-0.2, -0.15) is 0 Å². The molecule has 0 atom stereocenters. The largest absolute Gasteiger partial charge is 0.324 e. The van der Waals surface area contributed by atoms with Crippen LogP contribution in [0.25, 0.3) is 0 Å². The van der Waals surface area contributed by atoms with Crippen LogP contribution in [0.15, 0.2) is 29.6 Å². The lowest BCUT2D eigenvalue weighted by Crippen LogP contribution is -2.30. The first-order valence-electron chi connectivity index (χ1n) is 8.17. The van der Waals surface area contributed by atoms with Crippen LogP contribution >= 0.6 is 11.3 Å². The number of nitrogens with zero attached hydrogens (tertiary/aromatic N) is 1. The third-order valence-electron chi connectivity index (χ3n) is 4.06. The molecule has 0 saturated carbocycles. The first-order chi connectivity index (χ1) is 11.0. The molecule has 2 aromatic rings. The number of amides is 1. The standard InChI is InChI=1S/C19H26N2OS/c1-5-15-8-7-9-16(6-2)19(15)20-18(22)13-21(4)12-17-14(3)10-11-23-17/h7-11H,5-6,12-13H2,1-4H3,(H,20,22). The van der Waals surface area contributed by atoms with Gasteiger partial charge in [-0.15, -0.1) is 11.3 Å². The maximum Gasteiger partial charge on any atom is 0.238 e. The van der Waals surface area contributed by atoms with E-state index in [0.717, 1.165) is 25.1 Å². The number of anilines is 1. The van der Waals surface area contributed by atoms with Crippen LogP contribution in [-0.4, -0.2) is 24.4 Å². The molecule has 23 heavy (non-hydrogen) atoms. The first kappa shape index (κ1) is 17.7. The van der Waals surface area contributed by atoms with Gasteiger partial charge in [0.15, 0.2) is 0 Å². The first-order valence-corrected chi connectivity index (χ1v) is 9.05. The van der Waals surface area contributed by atoms with Gasteiger partial charge in [-0.25, -0.2) is 0 Å². The van der Waals surface area contributed by atoms with Crippen molar-refractivity contribution in [2.75, 3.05) is 18.9 Å². The molecule has 1 heterocycles. The highest BCUT2D eigenvalue weighted by Crippen LogP contribution is 2.23. The van der Waals surface area contributed by atoms with Crippen LogP contribution < -0.4 is 5.32 Å². The molecule has 0 bridgehead atoms. The molecule has 1 amide bonds. The Labute approximate surface area is 143 Å². The third kappa shape index (κ3) is 4.66. The zero-order valence-corrected chi connectivity index (χ0v) is 15.3. The Morgan fingerprint density at radius 1 is 1.17 bits per heavy atom. The van der Waals surface area contributed by atoms with E-state index in [2.05, 4.69) is 60.6 Å². The lowest BCUT2D eigenvalue weighted by atomic mass is 10.0. The Kier molecular flexibility index (Phi) is 6.37. The summed E-state index contributed by atoms with van der Waals surface area (Å²) in [6, 6.07) is 8.37. The van der Waals surface area contributed by atoms with Crippen molar-refractivity contribution in [3.63, 3.8) is 0 Å². The van der Waals surface area contributed by atoms with E-state index < -0.39 is 0 Å². The molecule has 0 saturated heterocycles. The third-order valence-corrected chi connectivity index (χ3v) is 5.07. The molecule has 1 aromatic heterocycles. The van der Waals surface area contributed by atoms with Crippen molar-refractivity contribution in [2.45, 2.75) is 40.2 Å². The van der Waals surface area contributed by atoms with Crippen molar-refractivity contribution in [3.05, 3.63) is 51.2 Å². The second-order valence-corrected chi connectivity index (χ2v) is 6.91. The number of nitrogens with one attached hydrogen (secondary N) is 1. The molecule has 0 spiro atoms. The Hall–Kier alpha value is -1.65. The number of hydrogen-bond acceptors (Lipinski definition) is 3. The average Bonchev–Trinajstić information content (AvgIpc) is 2.92. The summed E-state index contributed by atoms with van der Waals surface area (Å²) in [6.45, 7) is 7.57. The van der Waals surface area contributed by atoms with E-state index in [1.54, 1.807) is 11.3 Å². The van der Waals surface area contributed by atoms with Crippen molar-refractivity contribution in [1.29, 1.82) is 0 Å². The molecule has 0 unspecified atom stereocenters. The van der Waals surface area contributed by atoms with Gasteiger partial charge in [0.1, 0.15) is 0 Å². The molecule has 1 aromatic carbocycles. The highest BCUT2D eigenvalue weighted by atomic mass is 32.1. The van der Waals surface area contributed by atoms with Crippen molar-refractivity contribution >= 4 is 22.9 Å². The number of para-hydroxylation sites is 1. The van der Waals surface area contributed by atoms with Crippen molar-refractivity contribution < 1.29 is 4.79 Å². The van der Waals surface area contributed by atoms with E-state index in [9.17, 15) is 4.79 Å². The number of hydrogen-bond donors (Lipinski definition) is 1. The molecule has 3 nitrogen and oxygen atoms in total.